The molecular weight excluding hydrogens is 268 g/mol. The number of halogens is 2. The summed E-state index contributed by atoms with van der Waals surface area (Å²) in [4.78, 5) is 0. The lowest BCUT2D eigenvalue weighted by atomic mass is 10.0. The van der Waals surface area contributed by atoms with Gasteiger partial charge in [-0.15, -0.1) is 5.10 Å². The number of nitrogens with zero attached hydrogens (tertiary/aromatic N) is 2. The van der Waals surface area contributed by atoms with Crippen molar-refractivity contribution in [1.82, 2.24) is 14.9 Å². The van der Waals surface area contributed by atoms with Crippen LogP contribution in [0.3, 0.4) is 0 Å². The fraction of sp³-hybridized carbons (Fsp3) is 0.385. The lowest BCUT2D eigenvalue weighted by Gasteiger charge is -2.16. The maximum Gasteiger partial charge on any atom is 0.126 e. The lowest BCUT2D eigenvalue weighted by molar-refractivity contribution is 0.499. The number of hydrogen-bond acceptors (Lipinski definition) is 4. The van der Waals surface area contributed by atoms with Gasteiger partial charge in [0.15, 0.2) is 0 Å². The summed E-state index contributed by atoms with van der Waals surface area (Å²) in [5.74, 6) is -0.824. The molecule has 1 N–H and O–H groups in total. The maximum atomic E-state index is 13.7. The molecular formula is C13H15F2N3S. The van der Waals surface area contributed by atoms with Crippen molar-refractivity contribution in [2.24, 2.45) is 0 Å². The molecule has 0 spiro atoms. The van der Waals surface area contributed by atoms with Gasteiger partial charge >= 0.3 is 0 Å². The molecule has 0 aliphatic heterocycles. The molecule has 3 nitrogen and oxygen atoms in total. The summed E-state index contributed by atoms with van der Waals surface area (Å²) in [6, 6.07) is 3.36. The third-order valence-electron chi connectivity index (χ3n) is 2.81. The molecule has 0 saturated carbocycles. The van der Waals surface area contributed by atoms with E-state index in [4.69, 9.17) is 0 Å². The summed E-state index contributed by atoms with van der Waals surface area (Å²) in [6.07, 6.45) is 1.31. The minimum absolute atomic E-state index is 0.144. The Kier molecular flexibility index (Phi) is 4.93. The van der Waals surface area contributed by atoms with Crippen molar-refractivity contribution in [1.29, 1.82) is 0 Å². The van der Waals surface area contributed by atoms with Crippen molar-refractivity contribution in [3.8, 4) is 0 Å². The Bertz CT molecular complexity index is 517. The predicted molar refractivity (Wildman–Crippen MR) is 71.0 cm³/mol. The maximum absolute atomic E-state index is 13.7. The summed E-state index contributed by atoms with van der Waals surface area (Å²) in [7, 11) is 0. The fourth-order valence-electron chi connectivity index (χ4n) is 1.84. The zero-order chi connectivity index (χ0) is 13.7. The Morgan fingerprint density at radius 2 is 2.21 bits per heavy atom. The third kappa shape index (κ3) is 3.78. The molecule has 2 rings (SSSR count). The highest BCUT2D eigenvalue weighted by atomic mass is 32.1. The van der Waals surface area contributed by atoms with Crippen LogP contribution in [-0.4, -0.2) is 16.1 Å². The second-order valence-corrected chi connectivity index (χ2v) is 4.89. The van der Waals surface area contributed by atoms with Gasteiger partial charge in [-0.05, 0) is 54.7 Å². The number of rotatable bonds is 6. The monoisotopic (exact) mass is 283 g/mol. The van der Waals surface area contributed by atoms with E-state index in [1.807, 2.05) is 12.3 Å². The molecule has 0 fully saturated rings. The zero-order valence-corrected chi connectivity index (χ0v) is 11.4. The molecule has 0 saturated heterocycles. The van der Waals surface area contributed by atoms with Crippen LogP contribution in [0, 0.1) is 11.6 Å². The van der Waals surface area contributed by atoms with E-state index in [1.54, 1.807) is 0 Å². The van der Waals surface area contributed by atoms with Gasteiger partial charge in [0.2, 0.25) is 0 Å². The van der Waals surface area contributed by atoms with Crippen molar-refractivity contribution >= 4 is 11.5 Å². The van der Waals surface area contributed by atoms with Gasteiger partial charge < -0.3 is 5.32 Å². The van der Waals surface area contributed by atoms with E-state index in [9.17, 15) is 8.78 Å². The molecule has 0 radical (unpaired) electrons. The molecule has 1 unspecified atom stereocenters. The first-order valence-electron chi connectivity index (χ1n) is 6.15. The van der Waals surface area contributed by atoms with E-state index in [2.05, 4.69) is 14.9 Å². The second kappa shape index (κ2) is 6.68. The van der Waals surface area contributed by atoms with Crippen LogP contribution >= 0.6 is 11.5 Å². The summed E-state index contributed by atoms with van der Waals surface area (Å²) >= 11 is 1.25. The molecule has 0 bridgehead atoms. The quantitative estimate of drug-likeness (QED) is 0.885. The Balaban J connectivity index is 2.17. The summed E-state index contributed by atoms with van der Waals surface area (Å²) in [5.41, 5.74) is 1.11. The Hall–Kier alpha value is -1.40. The highest BCUT2D eigenvalue weighted by molar-refractivity contribution is 7.03. The Morgan fingerprint density at radius 1 is 1.37 bits per heavy atom. The topological polar surface area (TPSA) is 37.8 Å². The van der Waals surface area contributed by atoms with Crippen LogP contribution < -0.4 is 5.32 Å². The smallest absolute Gasteiger partial charge is 0.126 e. The van der Waals surface area contributed by atoms with Crippen LogP contribution in [0.1, 0.15) is 30.6 Å². The van der Waals surface area contributed by atoms with Crippen LogP contribution in [0.4, 0.5) is 8.78 Å². The highest BCUT2D eigenvalue weighted by Crippen LogP contribution is 2.20. The zero-order valence-electron chi connectivity index (χ0n) is 10.6. The van der Waals surface area contributed by atoms with Gasteiger partial charge in [0.1, 0.15) is 11.6 Å². The molecule has 0 aliphatic carbocycles. The lowest BCUT2D eigenvalue weighted by Crippen LogP contribution is -2.24. The second-order valence-electron chi connectivity index (χ2n) is 4.28. The molecule has 1 heterocycles. The Morgan fingerprint density at radius 3 is 2.89 bits per heavy atom. The van der Waals surface area contributed by atoms with E-state index < -0.39 is 11.6 Å². The number of hydrogen-bond donors (Lipinski definition) is 1. The first-order valence-corrected chi connectivity index (χ1v) is 6.98. The standard InChI is InChI=1S/C13H15F2N3S/c1-2-5-16-12(13-8-19-18-17-13)7-9-6-10(14)3-4-11(9)15/h3-4,6,8,12,16H,2,5,7H2,1H3. The normalized spacial score (nSPS) is 12.6. The van der Waals surface area contributed by atoms with E-state index in [0.717, 1.165) is 30.8 Å². The fourth-order valence-corrected chi connectivity index (χ4v) is 2.35. The van der Waals surface area contributed by atoms with Gasteiger partial charge in [0.05, 0.1) is 11.7 Å². The molecule has 0 aliphatic rings. The van der Waals surface area contributed by atoms with Gasteiger partial charge in [0.25, 0.3) is 0 Å². The van der Waals surface area contributed by atoms with Crippen molar-refractivity contribution in [3.05, 3.63) is 46.5 Å². The first-order chi connectivity index (χ1) is 9.20. The van der Waals surface area contributed by atoms with Crippen LogP contribution in [0.2, 0.25) is 0 Å². The molecule has 1 aromatic carbocycles. The predicted octanol–water partition coefficient (Wildman–Crippen LogP) is 3.10. The minimum Gasteiger partial charge on any atom is -0.308 e. The largest absolute Gasteiger partial charge is 0.308 e. The Labute approximate surface area is 114 Å². The molecule has 1 aromatic heterocycles. The molecule has 6 heteroatoms. The van der Waals surface area contributed by atoms with Gasteiger partial charge in [-0.2, -0.15) is 0 Å². The first kappa shape index (κ1) is 14.0. The van der Waals surface area contributed by atoms with Gasteiger partial charge in [0, 0.05) is 5.38 Å². The average Bonchev–Trinajstić information content (AvgIpc) is 2.92. The average molecular weight is 283 g/mol. The third-order valence-corrected chi connectivity index (χ3v) is 3.33. The summed E-state index contributed by atoms with van der Waals surface area (Å²) < 4.78 is 30.7. The van der Waals surface area contributed by atoms with Crippen molar-refractivity contribution in [3.63, 3.8) is 0 Å². The summed E-state index contributed by atoms with van der Waals surface area (Å²) in [5, 5.41) is 9.11. The van der Waals surface area contributed by atoms with Crippen molar-refractivity contribution < 1.29 is 8.78 Å². The van der Waals surface area contributed by atoms with E-state index in [-0.39, 0.29) is 6.04 Å². The minimum atomic E-state index is -0.429. The van der Waals surface area contributed by atoms with E-state index in [0.29, 0.717) is 12.0 Å². The van der Waals surface area contributed by atoms with Crippen LogP contribution in [0.5, 0.6) is 0 Å². The molecule has 1 atom stereocenters. The van der Waals surface area contributed by atoms with Crippen molar-refractivity contribution in [2.75, 3.05) is 6.54 Å². The van der Waals surface area contributed by atoms with Crippen LogP contribution in [0.15, 0.2) is 23.6 Å². The highest BCUT2D eigenvalue weighted by Gasteiger charge is 2.16. The molecule has 2 aromatic rings. The summed E-state index contributed by atoms with van der Waals surface area (Å²) in [6.45, 7) is 2.84. The SMILES string of the molecule is CCCNC(Cc1cc(F)ccc1F)c1csnn1. The van der Waals surface area contributed by atoms with Gasteiger partial charge in [-0.1, -0.05) is 11.4 Å². The molecule has 102 valence electrons. The number of aromatic nitrogens is 2. The van der Waals surface area contributed by atoms with E-state index in [1.165, 1.54) is 17.6 Å². The van der Waals surface area contributed by atoms with Gasteiger partial charge in [-0.3, -0.25) is 0 Å². The van der Waals surface area contributed by atoms with E-state index >= 15 is 0 Å². The van der Waals surface area contributed by atoms with Crippen molar-refractivity contribution in [2.45, 2.75) is 25.8 Å². The van der Waals surface area contributed by atoms with Gasteiger partial charge in [-0.25, -0.2) is 8.78 Å². The van der Waals surface area contributed by atoms with Crippen LogP contribution in [-0.2, 0) is 6.42 Å². The number of benzene rings is 1. The van der Waals surface area contributed by atoms with Crippen LogP contribution in [0.25, 0.3) is 0 Å². The molecule has 0 amide bonds. The number of nitrogens with one attached hydrogen (secondary N) is 1. The molecule has 19 heavy (non-hydrogen) atoms.